The maximum Gasteiger partial charge on any atom is 0.292 e. The zero-order valence-electron chi connectivity index (χ0n) is 11.8. The van der Waals surface area contributed by atoms with E-state index in [0.29, 0.717) is 10.7 Å². The summed E-state index contributed by atoms with van der Waals surface area (Å²) in [6.07, 6.45) is -6.18. The Morgan fingerprint density at radius 2 is 1.92 bits per heavy atom. The summed E-state index contributed by atoms with van der Waals surface area (Å²) in [5, 5.41) is 16.3. The number of nitrogens with zero attached hydrogens (tertiary/aromatic N) is 3. The number of amides is 1. The average Bonchev–Trinajstić information content (AvgIpc) is 2.91. The number of halogens is 4. The third kappa shape index (κ3) is 3.86. The summed E-state index contributed by atoms with van der Waals surface area (Å²) in [5.74, 6) is -0.921. The van der Waals surface area contributed by atoms with E-state index < -0.39 is 47.3 Å². The summed E-state index contributed by atoms with van der Waals surface area (Å²) >= 11 is 0. The number of carbonyl (C=O) groups is 1. The molecule has 11 heteroatoms. The van der Waals surface area contributed by atoms with Crippen LogP contribution in [0, 0.1) is 10.1 Å². The number of nitro groups is 1. The zero-order valence-corrected chi connectivity index (χ0v) is 11.8. The van der Waals surface area contributed by atoms with Gasteiger partial charge in [-0.25, -0.2) is 17.6 Å². The topological polar surface area (TPSA) is 90.1 Å². The van der Waals surface area contributed by atoms with Crippen LogP contribution in [-0.4, -0.2) is 20.6 Å². The maximum atomic E-state index is 12.8. The van der Waals surface area contributed by atoms with Crippen molar-refractivity contribution < 1.29 is 27.3 Å². The van der Waals surface area contributed by atoms with Gasteiger partial charge in [0.2, 0.25) is 5.91 Å². The van der Waals surface area contributed by atoms with Crippen LogP contribution in [0.3, 0.4) is 0 Å². The summed E-state index contributed by atoms with van der Waals surface area (Å²) < 4.78 is 51.2. The second-order valence-corrected chi connectivity index (χ2v) is 4.58. The molecule has 0 atom stereocenters. The molecule has 0 saturated carbocycles. The number of hydrogen-bond acceptors (Lipinski definition) is 4. The fraction of sp³-hybridized carbons (Fsp3) is 0.231. The van der Waals surface area contributed by atoms with Crippen LogP contribution in [-0.2, 0) is 11.3 Å². The maximum absolute atomic E-state index is 12.8. The lowest BCUT2D eigenvalue weighted by Crippen LogP contribution is -2.21. The third-order valence-corrected chi connectivity index (χ3v) is 2.95. The molecular formula is C13H10F4N4O3. The van der Waals surface area contributed by atoms with Crippen molar-refractivity contribution in [3.05, 3.63) is 51.8 Å². The molecule has 1 N–H and O–H groups in total. The summed E-state index contributed by atoms with van der Waals surface area (Å²) in [6, 6.07) is 5.70. The van der Waals surface area contributed by atoms with Crippen molar-refractivity contribution in [2.75, 3.05) is 5.32 Å². The van der Waals surface area contributed by atoms with Gasteiger partial charge in [-0.15, -0.1) is 0 Å². The molecule has 0 bridgehead atoms. The van der Waals surface area contributed by atoms with E-state index in [1.54, 1.807) is 0 Å². The number of anilines is 1. The van der Waals surface area contributed by atoms with Crippen molar-refractivity contribution >= 4 is 17.3 Å². The highest BCUT2D eigenvalue weighted by Gasteiger charge is 2.23. The highest BCUT2D eigenvalue weighted by Crippen LogP contribution is 2.26. The Bertz CT molecular complexity index is 763. The number of nitro benzene ring substituents is 1. The van der Waals surface area contributed by atoms with Crippen LogP contribution in [0.2, 0.25) is 0 Å². The molecule has 0 spiro atoms. The summed E-state index contributed by atoms with van der Waals surface area (Å²) in [6.45, 7) is -0.793. The average molecular weight is 346 g/mol. The van der Waals surface area contributed by atoms with Gasteiger partial charge in [0.1, 0.15) is 23.6 Å². The van der Waals surface area contributed by atoms with Gasteiger partial charge in [-0.1, -0.05) is 12.1 Å². The van der Waals surface area contributed by atoms with E-state index >= 15 is 0 Å². The zero-order chi connectivity index (χ0) is 17.9. The van der Waals surface area contributed by atoms with Gasteiger partial charge in [-0.3, -0.25) is 19.6 Å². The molecule has 1 heterocycles. The molecule has 1 aromatic carbocycles. The van der Waals surface area contributed by atoms with Crippen LogP contribution in [0.15, 0.2) is 30.3 Å². The monoisotopic (exact) mass is 346 g/mol. The lowest BCUT2D eigenvalue weighted by Gasteiger charge is -2.08. The highest BCUT2D eigenvalue weighted by atomic mass is 19.3. The quantitative estimate of drug-likeness (QED) is 0.494. The van der Waals surface area contributed by atoms with E-state index in [2.05, 4.69) is 10.4 Å². The second kappa shape index (κ2) is 7.06. The van der Waals surface area contributed by atoms with Gasteiger partial charge in [0.05, 0.1) is 4.92 Å². The molecule has 7 nitrogen and oxygen atoms in total. The Hall–Kier alpha value is -2.98. The SMILES string of the molecule is O=C(Cn1nc(C(F)F)cc1C(F)F)Nc1ccccc1[N+](=O)[O-]. The third-order valence-electron chi connectivity index (χ3n) is 2.95. The van der Waals surface area contributed by atoms with Crippen LogP contribution < -0.4 is 5.32 Å². The molecule has 24 heavy (non-hydrogen) atoms. The van der Waals surface area contributed by atoms with Crippen LogP contribution in [0.25, 0.3) is 0 Å². The Balaban J connectivity index is 2.20. The lowest BCUT2D eigenvalue weighted by atomic mass is 10.2. The Labute approximate surface area is 132 Å². The highest BCUT2D eigenvalue weighted by molar-refractivity contribution is 5.92. The molecular weight excluding hydrogens is 336 g/mol. The number of benzene rings is 1. The first-order valence-corrected chi connectivity index (χ1v) is 6.46. The van der Waals surface area contributed by atoms with E-state index in [9.17, 15) is 32.5 Å². The van der Waals surface area contributed by atoms with Gasteiger partial charge in [-0.05, 0) is 12.1 Å². The molecule has 0 unspecified atom stereocenters. The summed E-state index contributed by atoms with van der Waals surface area (Å²) in [5.41, 5.74) is -2.27. The van der Waals surface area contributed by atoms with Gasteiger partial charge >= 0.3 is 0 Å². The number of hydrogen-bond donors (Lipinski definition) is 1. The van der Waals surface area contributed by atoms with Crippen LogP contribution in [0.1, 0.15) is 24.2 Å². The van der Waals surface area contributed by atoms with Crippen LogP contribution >= 0.6 is 0 Å². The minimum atomic E-state index is -3.11. The van der Waals surface area contributed by atoms with E-state index in [4.69, 9.17) is 0 Å². The van der Waals surface area contributed by atoms with Crippen molar-refractivity contribution in [3.63, 3.8) is 0 Å². The van der Waals surface area contributed by atoms with Crippen molar-refractivity contribution in [2.24, 2.45) is 0 Å². The fourth-order valence-corrected chi connectivity index (χ4v) is 1.93. The van der Waals surface area contributed by atoms with Gasteiger partial charge in [0.15, 0.2) is 0 Å². The lowest BCUT2D eigenvalue weighted by molar-refractivity contribution is -0.383. The molecule has 0 aliphatic rings. The smallest absolute Gasteiger partial charge is 0.292 e. The first-order valence-electron chi connectivity index (χ1n) is 6.46. The minimum absolute atomic E-state index is 0.146. The standard InChI is InChI=1S/C13H10F4N4O3/c14-12(15)8-5-10(13(16)17)20(19-8)6-11(22)18-7-3-1-2-4-9(7)21(23)24/h1-5,12-13H,6H2,(H,18,22). The number of alkyl halides is 4. The first-order chi connectivity index (χ1) is 11.3. The van der Waals surface area contributed by atoms with E-state index in [0.717, 1.165) is 6.07 Å². The largest absolute Gasteiger partial charge is 0.319 e. The molecule has 0 saturated heterocycles. The fourth-order valence-electron chi connectivity index (χ4n) is 1.93. The number of carbonyl (C=O) groups excluding carboxylic acids is 1. The van der Waals surface area contributed by atoms with E-state index in [-0.39, 0.29) is 5.69 Å². The van der Waals surface area contributed by atoms with Crippen molar-refractivity contribution in [1.82, 2.24) is 9.78 Å². The molecule has 128 valence electrons. The van der Waals surface area contributed by atoms with Crippen LogP contribution in [0.5, 0.6) is 0 Å². The Morgan fingerprint density at radius 1 is 1.25 bits per heavy atom. The van der Waals surface area contributed by atoms with Gasteiger partial charge < -0.3 is 5.32 Å². The van der Waals surface area contributed by atoms with Crippen molar-refractivity contribution in [1.29, 1.82) is 0 Å². The molecule has 0 aliphatic carbocycles. The normalized spacial score (nSPS) is 11.1. The predicted molar refractivity (Wildman–Crippen MR) is 73.9 cm³/mol. The van der Waals surface area contributed by atoms with E-state index in [1.807, 2.05) is 0 Å². The van der Waals surface area contributed by atoms with Gasteiger partial charge in [0.25, 0.3) is 18.5 Å². The number of nitrogens with one attached hydrogen (secondary N) is 1. The van der Waals surface area contributed by atoms with Crippen molar-refractivity contribution in [3.8, 4) is 0 Å². The number of aromatic nitrogens is 2. The molecule has 0 fully saturated rings. The van der Waals surface area contributed by atoms with Gasteiger partial charge in [0, 0.05) is 6.07 Å². The number of para-hydroxylation sites is 2. The first kappa shape index (κ1) is 17.4. The number of rotatable bonds is 6. The molecule has 2 aromatic rings. The molecule has 1 aromatic heterocycles. The van der Waals surface area contributed by atoms with Gasteiger partial charge in [-0.2, -0.15) is 5.10 Å². The molecule has 1 amide bonds. The summed E-state index contributed by atoms with van der Waals surface area (Å²) in [4.78, 5) is 22.0. The second-order valence-electron chi connectivity index (χ2n) is 4.58. The van der Waals surface area contributed by atoms with E-state index in [1.165, 1.54) is 18.2 Å². The van der Waals surface area contributed by atoms with Crippen molar-refractivity contribution in [2.45, 2.75) is 19.4 Å². The Kier molecular flexibility index (Phi) is 5.11. The minimum Gasteiger partial charge on any atom is -0.319 e. The van der Waals surface area contributed by atoms with Crippen LogP contribution in [0.4, 0.5) is 28.9 Å². The predicted octanol–water partition coefficient (Wildman–Crippen LogP) is 3.31. The Morgan fingerprint density at radius 3 is 2.50 bits per heavy atom. The molecule has 2 rings (SSSR count). The molecule has 0 aliphatic heterocycles. The molecule has 0 radical (unpaired) electrons. The summed E-state index contributed by atoms with van der Waals surface area (Å²) in [7, 11) is 0.